The van der Waals surface area contributed by atoms with Crippen LogP contribution >= 0.6 is 0 Å². The number of benzene rings is 1. The molecule has 2 nitrogen and oxygen atoms in total. The van der Waals surface area contributed by atoms with E-state index in [-0.39, 0.29) is 0 Å². The van der Waals surface area contributed by atoms with Gasteiger partial charge in [0.25, 0.3) is 0 Å². The third-order valence-corrected chi connectivity index (χ3v) is 5.18. The Labute approximate surface area is 143 Å². The molecule has 1 saturated heterocycles. The van der Waals surface area contributed by atoms with Crippen LogP contribution < -0.4 is 5.32 Å². The zero-order valence-electron chi connectivity index (χ0n) is 15.6. The van der Waals surface area contributed by atoms with Gasteiger partial charge in [0.05, 0.1) is 0 Å². The van der Waals surface area contributed by atoms with Crippen LogP contribution in [0.3, 0.4) is 0 Å². The van der Waals surface area contributed by atoms with Gasteiger partial charge in [-0.2, -0.15) is 0 Å². The number of hydrogen-bond donors (Lipinski definition) is 1. The number of nitrogens with zero attached hydrogens (tertiary/aromatic N) is 1. The summed E-state index contributed by atoms with van der Waals surface area (Å²) >= 11 is 0. The maximum Gasteiger partial charge on any atom is 0.00362 e. The van der Waals surface area contributed by atoms with E-state index in [1.807, 2.05) is 0 Å². The van der Waals surface area contributed by atoms with Crippen LogP contribution in [0.2, 0.25) is 0 Å². The largest absolute Gasteiger partial charge is 0.314 e. The topological polar surface area (TPSA) is 15.3 Å². The van der Waals surface area contributed by atoms with Gasteiger partial charge >= 0.3 is 0 Å². The van der Waals surface area contributed by atoms with Gasteiger partial charge in [-0.1, -0.05) is 45.0 Å². The minimum absolute atomic E-state index is 0.630. The number of piperidine rings is 1. The molecule has 1 fully saturated rings. The zero-order chi connectivity index (χ0) is 16.7. The first kappa shape index (κ1) is 18.5. The van der Waals surface area contributed by atoms with Crippen molar-refractivity contribution in [1.29, 1.82) is 0 Å². The molecule has 2 rings (SSSR count). The predicted octanol–water partition coefficient (Wildman–Crippen LogP) is 4.45. The Balaban J connectivity index is 1.77. The van der Waals surface area contributed by atoms with Crippen LogP contribution in [0.25, 0.3) is 0 Å². The molecule has 0 aliphatic carbocycles. The van der Waals surface area contributed by atoms with Crippen molar-refractivity contribution in [1.82, 2.24) is 10.2 Å². The number of hydrogen-bond acceptors (Lipinski definition) is 2. The maximum atomic E-state index is 3.57. The average Bonchev–Trinajstić information content (AvgIpc) is 2.55. The van der Waals surface area contributed by atoms with Crippen LogP contribution in [0.4, 0.5) is 0 Å². The molecule has 0 aromatic heterocycles. The van der Waals surface area contributed by atoms with Gasteiger partial charge in [-0.3, -0.25) is 0 Å². The highest BCUT2D eigenvalue weighted by Crippen LogP contribution is 2.28. The predicted molar refractivity (Wildman–Crippen MR) is 101 cm³/mol. The minimum atomic E-state index is 0.630. The molecule has 1 aliphatic heterocycles. The van der Waals surface area contributed by atoms with Gasteiger partial charge in [-0.25, -0.2) is 0 Å². The molecule has 0 bridgehead atoms. The summed E-state index contributed by atoms with van der Waals surface area (Å²) in [5.41, 5.74) is 3.01. The second-order valence-corrected chi connectivity index (χ2v) is 7.72. The normalized spacial score (nSPS) is 18.5. The van der Waals surface area contributed by atoms with Gasteiger partial charge in [0.2, 0.25) is 0 Å². The molecular formula is C21H36N2. The van der Waals surface area contributed by atoms with Crippen LogP contribution in [0.15, 0.2) is 24.3 Å². The average molecular weight is 317 g/mol. The smallest absolute Gasteiger partial charge is 0.00362 e. The summed E-state index contributed by atoms with van der Waals surface area (Å²) in [5, 5.41) is 3.57. The fourth-order valence-electron chi connectivity index (χ4n) is 3.53. The molecule has 1 atom stereocenters. The van der Waals surface area contributed by atoms with Crippen molar-refractivity contribution < 1.29 is 0 Å². The SMILES string of the molecule is CCC(C)NCCc1ccc(C2CCN(CC(C)C)CC2)cc1. The van der Waals surface area contributed by atoms with Crippen LogP contribution in [0.1, 0.15) is 64.0 Å². The first-order valence-electron chi connectivity index (χ1n) is 9.63. The molecule has 23 heavy (non-hydrogen) atoms. The molecule has 1 aromatic rings. The molecule has 0 radical (unpaired) electrons. The Morgan fingerprint density at radius 1 is 1.09 bits per heavy atom. The molecule has 1 aromatic carbocycles. The lowest BCUT2D eigenvalue weighted by atomic mass is 9.88. The second-order valence-electron chi connectivity index (χ2n) is 7.72. The summed E-state index contributed by atoms with van der Waals surface area (Å²) < 4.78 is 0. The Morgan fingerprint density at radius 2 is 1.74 bits per heavy atom. The lowest BCUT2D eigenvalue weighted by Crippen LogP contribution is -2.35. The molecule has 0 saturated carbocycles. The highest BCUT2D eigenvalue weighted by Gasteiger charge is 2.20. The van der Waals surface area contributed by atoms with Gasteiger partial charge in [0, 0.05) is 12.6 Å². The lowest BCUT2D eigenvalue weighted by molar-refractivity contribution is 0.192. The van der Waals surface area contributed by atoms with E-state index in [0.717, 1.165) is 24.8 Å². The molecule has 0 spiro atoms. The Bertz CT molecular complexity index is 430. The molecule has 1 heterocycles. The van der Waals surface area contributed by atoms with Crippen molar-refractivity contribution in [3.05, 3.63) is 35.4 Å². The van der Waals surface area contributed by atoms with Crippen molar-refractivity contribution in [2.24, 2.45) is 5.92 Å². The van der Waals surface area contributed by atoms with Crippen LogP contribution in [-0.2, 0) is 6.42 Å². The van der Waals surface area contributed by atoms with Gasteiger partial charge in [0.15, 0.2) is 0 Å². The molecule has 1 unspecified atom stereocenters. The fraction of sp³-hybridized carbons (Fsp3) is 0.714. The van der Waals surface area contributed by atoms with Gasteiger partial charge in [-0.05, 0) is 75.2 Å². The van der Waals surface area contributed by atoms with Crippen LogP contribution in [0, 0.1) is 5.92 Å². The monoisotopic (exact) mass is 316 g/mol. The van der Waals surface area contributed by atoms with Crippen molar-refractivity contribution in [2.75, 3.05) is 26.2 Å². The summed E-state index contributed by atoms with van der Waals surface area (Å²) in [6, 6.07) is 10.1. The lowest BCUT2D eigenvalue weighted by Gasteiger charge is -2.33. The Kier molecular flexibility index (Phi) is 7.58. The van der Waals surface area contributed by atoms with Gasteiger partial charge < -0.3 is 10.2 Å². The summed E-state index contributed by atoms with van der Waals surface area (Å²) in [7, 11) is 0. The molecule has 0 amide bonds. The summed E-state index contributed by atoms with van der Waals surface area (Å²) in [4.78, 5) is 2.64. The Morgan fingerprint density at radius 3 is 2.30 bits per heavy atom. The summed E-state index contributed by atoms with van der Waals surface area (Å²) in [6.07, 6.45) is 4.98. The summed E-state index contributed by atoms with van der Waals surface area (Å²) in [6.45, 7) is 14.0. The van der Waals surface area contributed by atoms with E-state index in [0.29, 0.717) is 6.04 Å². The number of likely N-dealkylation sites (tertiary alicyclic amines) is 1. The molecular weight excluding hydrogens is 280 g/mol. The highest BCUT2D eigenvalue weighted by atomic mass is 15.1. The molecule has 1 N–H and O–H groups in total. The zero-order valence-corrected chi connectivity index (χ0v) is 15.6. The van der Waals surface area contributed by atoms with E-state index >= 15 is 0 Å². The van der Waals surface area contributed by atoms with Crippen LogP contribution in [0.5, 0.6) is 0 Å². The van der Waals surface area contributed by atoms with E-state index in [9.17, 15) is 0 Å². The van der Waals surface area contributed by atoms with Crippen molar-refractivity contribution in [3.8, 4) is 0 Å². The van der Waals surface area contributed by atoms with E-state index in [4.69, 9.17) is 0 Å². The number of nitrogens with one attached hydrogen (secondary N) is 1. The molecule has 2 heteroatoms. The Hall–Kier alpha value is -0.860. The number of rotatable bonds is 8. The quantitative estimate of drug-likeness (QED) is 0.762. The standard InChI is InChI=1S/C21H36N2/c1-5-18(4)22-13-10-19-6-8-20(9-7-19)21-11-14-23(15-12-21)16-17(2)3/h6-9,17-18,21-22H,5,10-16H2,1-4H3. The van der Waals surface area contributed by atoms with Crippen molar-refractivity contribution in [3.63, 3.8) is 0 Å². The first-order valence-corrected chi connectivity index (χ1v) is 9.63. The van der Waals surface area contributed by atoms with E-state index in [1.54, 1.807) is 5.56 Å². The van der Waals surface area contributed by atoms with E-state index in [1.165, 1.54) is 44.5 Å². The van der Waals surface area contributed by atoms with Crippen LogP contribution in [-0.4, -0.2) is 37.1 Å². The fourth-order valence-corrected chi connectivity index (χ4v) is 3.53. The first-order chi connectivity index (χ1) is 11.1. The minimum Gasteiger partial charge on any atom is -0.314 e. The van der Waals surface area contributed by atoms with Crippen molar-refractivity contribution in [2.45, 2.75) is 65.3 Å². The van der Waals surface area contributed by atoms with Gasteiger partial charge in [-0.15, -0.1) is 0 Å². The molecule has 1 aliphatic rings. The van der Waals surface area contributed by atoms with E-state index < -0.39 is 0 Å². The second kappa shape index (κ2) is 9.44. The third-order valence-electron chi connectivity index (χ3n) is 5.18. The van der Waals surface area contributed by atoms with Crippen molar-refractivity contribution >= 4 is 0 Å². The summed E-state index contributed by atoms with van der Waals surface area (Å²) in [5.74, 6) is 1.56. The van der Waals surface area contributed by atoms with E-state index in [2.05, 4.69) is 62.2 Å². The maximum absolute atomic E-state index is 3.57. The highest BCUT2D eigenvalue weighted by molar-refractivity contribution is 5.26. The third kappa shape index (κ3) is 6.27. The van der Waals surface area contributed by atoms with Gasteiger partial charge in [0.1, 0.15) is 0 Å². The molecule has 130 valence electrons.